The van der Waals surface area contributed by atoms with Crippen LogP contribution in [0.3, 0.4) is 0 Å². The first-order valence-electron chi connectivity index (χ1n) is 7.57. The number of nitrogens with one attached hydrogen (secondary N) is 1. The van der Waals surface area contributed by atoms with Gasteiger partial charge in [-0.25, -0.2) is 0 Å². The summed E-state index contributed by atoms with van der Waals surface area (Å²) < 4.78 is 5.62. The Labute approximate surface area is 119 Å². The Morgan fingerprint density at radius 1 is 1.35 bits per heavy atom. The molecule has 1 heterocycles. The van der Waals surface area contributed by atoms with Crippen LogP contribution in [-0.4, -0.2) is 35.2 Å². The molecule has 0 aromatic rings. The van der Waals surface area contributed by atoms with E-state index >= 15 is 0 Å². The van der Waals surface area contributed by atoms with E-state index in [-0.39, 0.29) is 17.8 Å². The van der Waals surface area contributed by atoms with Gasteiger partial charge in [-0.15, -0.1) is 0 Å². The van der Waals surface area contributed by atoms with Crippen molar-refractivity contribution < 1.29 is 14.7 Å². The molecular formula is C14H25N3O3. The second-order valence-electron chi connectivity index (χ2n) is 5.85. The molecule has 114 valence electrons. The number of amidine groups is 1. The topological polar surface area (TPSA) is 96.9 Å². The van der Waals surface area contributed by atoms with Gasteiger partial charge in [0.15, 0.2) is 5.84 Å². The van der Waals surface area contributed by atoms with Gasteiger partial charge in [0.2, 0.25) is 5.91 Å². The molecule has 1 aliphatic heterocycles. The third-order valence-corrected chi connectivity index (χ3v) is 4.40. The van der Waals surface area contributed by atoms with Crippen molar-refractivity contribution in [2.75, 3.05) is 6.61 Å². The molecule has 6 heteroatoms. The molecule has 2 aliphatic rings. The van der Waals surface area contributed by atoms with Gasteiger partial charge in [-0.2, -0.15) is 0 Å². The second kappa shape index (κ2) is 6.92. The molecule has 0 aromatic carbocycles. The molecule has 1 saturated heterocycles. The molecule has 2 fully saturated rings. The maximum atomic E-state index is 12.1. The summed E-state index contributed by atoms with van der Waals surface area (Å²) in [5.74, 6) is 0.0879. The van der Waals surface area contributed by atoms with Gasteiger partial charge in [0, 0.05) is 13.0 Å². The van der Waals surface area contributed by atoms with Gasteiger partial charge in [0.1, 0.15) is 5.54 Å². The highest BCUT2D eigenvalue weighted by molar-refractivity contribution is 5.94. The van der Waals surface area contributed by atoms with Gasteiger partial charge in [-0.3, -0.25) is 4.79 Å². The Balaban J connectivity index is 1.82. The number of nitrogens with zero attached hydrogens (tertiary/aromatic N) is 1. The van der Waals surface area contributed by atoms with Crippen molar-refractivity contribution in [3.63, 3.8) is 0 Å². The third-order valence-electron chi connectivity index (χ3n) is 4.40. The van der Waals surface area contributed by atoms with Crippen molar-refractivity contribution in [2.45, 2.75) is 69.4 Å². The molecule has 4 N–H and O–H groups in total. The van der Waals surface area contributed by atoms with Crippen LogP contribution in [0.1, 0.15) is 57.8 Å². The first-order chi connectivity index (χ1) is 9.66. The zero-order chi connectivity index (χ0) is 14.4. The van der Waals surface area contributed by atoms with Gasteiger partial charge in [0.05, 0.1) is 6.10 Å². The van der Waals surface area contributed by atoms with Crippen LogP contribution in [0.25, 0.3) is 0 Å². The summed E-state index contributed by atoms with van der Waals surface area (Å²) in [5, 5.41) is 15.0. The molecule has 1 atom stereocenters. The summed E-state index contributed by atoms with van der Waals surface area (Å²) in [5.41, 5.74) is 5.12. The fourth-order valence-electron chi connectivity index (χ4n) is 3.18. The summed E-state index contributed by atoms with van der Waals surface area (Å²) in [6.07, 6.45) is 8.20. The number of rotatable bonds is 5. The van der Waals surface area contributed by atoms with E-state index in [0.717, 1.165) is 51.6 Å². The lowest BCUT2D eigenvalue weighted by atomic mass is 9.95. The number of hydrogen-bond acceptors (Lipinski definition) is 4. The quantitative estimate of drug-likeness (QED) is 0.308. The fraction of sp³-hybridized carbons (Fsp3) is 0.857. The van der Waals surface area contributed by atoms with E-state index in [4.69, 9.17) is 15.7 Å². The van der Waals surface area contributed by atoms with Gasteiger partial charge < -0.3 is 21.0 Å². The van der Waals surface area contributed by atoms with E-state index in [1.54, 1.807) is 0 Å². The molecule has 20 heavy (non-hydrogen) atoms. The van der Waals surface area contributed by atoms with Gasteiger partial charge in [-0.1, -0.05) is 18.0 Å². The molecule has 0 aromatic heterocycles. The lowest BCUT2D eigenvalue weighted by Crippen LogP contribution is -2.55. The molecular weight excluding hydrogens is 258 g/mol. The predicted molar refractivity (Wildman–Crippen MR) is 75.6 cm³/mol. The van der Waals surface area contributed by atoms with Crippen LogP contribution in [0.15, 0.2) is 5.16 Å². The fourth-order valence-corrected chi connectivity index (χ4v) is 3.18. The number of amides is 1. The summed E-state index contributed by atoms with van der Waals surface area (Å²) in [4.78, 5) is 12.1. The van der Waals surface area contributed by atoms with Crippen LogP contribution < -0.4 is 11.1 Å². The Kier molecular flexibility index (Phi) is 5.23. The van der Waals surface area contributed by atoms with E-state index in [2.05, 4.69) is 10.5 Å². The summed E-state index contributed by atoms with van der Waals surface area (Å²) in [6, 6.07) is 0. The average molecular weight is 283 g/mol. The van der Waals surface area contributed by atoms with Crippen molar-refractivity contribution in [3.05, 3.63) is 0 Å². The highest BCUT2D eigenvalue weighted by Gasteiger charge is 2.39. The first kappa shape index (κ1) is 15.1. The zero-order valence-corrected chi connectivity index (χ0v) is 11.9. The van der Waals surface area contributed by atoms with Crippen molar-refractivity contribution in [2.24, 2.45) is 10.9 Å². The molecule has 0 spiro atoms. The van der Waals surface area contributed by atoms with E-state index < -0.39 is 5.54 Å². The standard InChI is InChI=1S/C14H25N3O3/c15-13(17-19)14(8-2-3-9-14)16-12(18)7-6-11-5-1-4-10-20-11/h11,19H,1-10H2,(H2,15,17)(H,16,18). The minimum atomic E-state index is -0.640. The molecule has 0 radical (unpaired) electrons. The highest BCUT2D eigenvalue weighted by atomic mass is 16.5. The number of carbonyl (C=O) groups is 1. The molecule has 0 bridgehead atoms. The summed E-state index contributed by atoms with van der Waals surface area (Å²) >= 11 is 0. The minimum absolute atomic E-state index is 0.0346. The molecule has 1 unspecified atom stereocenters. The molecule has 1 amide bonds. The number of ether oxygens (including phenoxy) is 1. The van der Waals surface area contributed by atoms with Gasteiger partial charge >= 0.3 is 0 Å². The maximum Gasteiger partial charge on any atom is 0.220 e. The van der Waals surface area contributed by atoms with Crippen LogP contribution in [0.2, 0.25) is 0 Å². The lowest BCUT2D eigenvalue weighted by molar-refractivity contribution is -0.123. The molecule has 6 nitrogen and oxygen atoms in total. The SMILES string of the molecule is NC(=NO)C1(NC(=O)CCC2CCCCO2)CCCC1. The summed E-state index contributed by atoms with van der Waals surface area (Å²) in [6.45, 7) is 0.806. The molecule has 1 saturated carbocycles. The van der Waals surface area contributed by atoms with E-state index in [9.17, 15) is 4.79 Å². The Morgan fingerprint density at radius 2 is 2.10 bits per heavy atom. The number of oxime groups is 1. The van der Waals surface area contributed by atoms with Gasteiger partial charge in [-0.05, 0) is 38.5 Å². The Morgan fingerprint density at radius 3 is 2.70 bits per heavy atom. The van der Waals surface area contributed by atoms with Crippen molar-refractivity contribution in [1.29, 1.82) is 0 Å². The molecule has 1 aliphatic carbocycles. The van der Waals surface area contributed by atoms with Crippen LogP contribution in [0.4, 0.5) is 0 Å². The van der Waals surface area contributed by atoms with Crippen molar-refractivity contribution >= 4 is 11.7 Å². The zero-order valence-electron chi connectivity index (χ0n) is 11.9. The highest BCUT2D eigenvalue weighted by Crippen LogP contribution is 2.30. The van der Waals surface area contributed by atoms with Crippen LogP contribution in [-0.2, 0) is 9.53 Å². The van der Waals surface area contributed by atoms with Crippen LogP contribution in [0, 0.1) is 0 Å². The number of hydrogen-bond donors (Lipinski definition) is 3. The largest absolute Gasteiger partial charge is 0.409 e. The van der Waals surface area contributed by atoms with E-state index in [0.29, 0.717) is 6.42 Å². The normalized spacial score (nSPS) is 26.4. The Hall–Kier alpha value is -1.30. The first-order valence-corrected chi connectivity index (χ1v) is 7.57. The van der Waals surface area contributed by atoms with Gasteiger partial charge in [0.25, 0.3) is 0 Å². The molecule has 2 rings (SSSR count). The minimum Gasteiger partial charge on any atom is -0.409 e. The predicted octanol–water partition coefficient (Wildman–Crippen LogP) is 1.51. The second-order valence-corrected chi connectivity index (χ2v) is 5.85. The monoisotopic (exact) mass is 283 g/mol. The number of carbonyl (C=O) groups excluding carboxylic acids is 1. The lowest BCUT2D eigenvalue weighted by Gasteiger charge is -2.29. The average Bonchev–Trinajstić information content (AvgIpc) is 2.95. The van der Waals surface area contributed by atoms with E-state index in [1.807, 2.05) is 0 Å². The third kappa shape index (κ3) is 3.62. The van der Waals surface area contributed by atoms with Crippen molar-refractivity contribution in [1.82, 2.24) is 5.32 Å². The van der Waals surface area contributed by atoms with Crippen molar-refractivity contribution in [3.8, 4) is 0 Å². The van der Waals surface area contributed by atoms with E-state index in [1.165, 1.54) is 6.42 Å². The summed E-state index contributed by atoms with van der Waals surface area (Å²) in [7, 11) is 0. The smallest absolute Gasteiger partial charge is 0.220 e. The maximum absolute atomic E-state index is 12.1. The van der Waals surface area contributed by atoms with Crippen LogP contribution >= 0.6 is 0 Å². The number of nitrogens with two attached hydrogens (primary N) is 1. The van der Waals surface area contributed by atoms with Crippen LogP contribution in [0.5, 0.6) is 0 Å². The Bertz CT molecular complexity index is 359.